The van der Waals surface area contributed by atoms with Crippen LogP contribution in [0.3, 0.4) is 0 Å². The van der Waals surface area contributed by atoms with Gasteiger partial charge >= 0.3 is 0 Å². The van der Waals surface area contributed by atoms with Crippen molar-refractivity contribution in [1.29, 1.82) is 0 Å². The lowest BCUT2D eigenvalue weighted by Crippen LogP contribution is -1.92. The Hall–Kier alpha value is -7.55. The van der Waals surface area contributed by atoms with Gasteiger partial charge < -0.3 is 4.42 Å². The lowest BCUT2D eigenvalue weighted by atomic mass is 9.84. The normalized spacial score (nSPS) is 11.9. The zero-order valence-corrected chi connectivity index (χ0v) is 30.9. The van der Waals surface area contributed by atoms with E-state index in [9.17, 15) is 0 Å². The van der Waals surface area contributed by atoms with E-state index < -0.39 is 0 Å². The van der Waals surface area contributed by atoms with Gasteiger partial charge in [-0.25, -0.2) is 0 Å². The van der Waals surface area contributed by atoms with Crippen molar-refractivity contribution in [2.24, 2.45) is 0 Å². The van der Waals surface area contributed by atoms with Crippen LogP contribution in [0.15, 0.2) is 205 Å². The van der Waals surface area contributed by atoms with Crippen LogP contribution in [0.2, 0.25) is 0 Å². The summed E-state index contributed by atoms with van der Waals surface area (Å²) in [6, 6.07) is 70.3. The summed E-state index contributed by atoms with van der Waals surface area (Å²) in [5.74, 6) is 0. The fourth-order valence-electron chi connectivity index (χ4n) is 9.50. The predicted molar refractivity (Wildman–Crippen MR) is 241 cm³/mol. The standard InChI is InChI=1S/C55H33NO/c1-2-14-35(15-3-1)51-38-17-4-6-19-40(38)52(41-20-7-5-18-39(41)51)36-29-30-49-47(32-36)55-46(25-12-26-50(55)57-49)54-44-23-10-8-21-42(44)53(43-22-9-11-24-45(43)54)37-28-27-34-16-13-31-56-48(34)33-37/h1-33H. The third kappa shape index (κ3) is 4.81. The summed E-state index contributed by atoms with van der Waals surface area (Å²) in [5, 5.41) is 13.2. The van der Waals surface area contributed by atoms with Crippen LogP contribution in [0.25, 0.3) is 120 Å². The third-order valence-corrected chi connectivity index (χ3v) is 11.9. The second-order valence-electron chi connectivity index (χ2n) is 15.0. The van der Waals surface area contributed by atoms with E-state index in [-0.39, 0.29) is 0 Å². The van der Waals surface area contributed by atoms with E-state index in [4.69, 9.17) is 9.40 Å². The van der Waals surface area contributed by atoms with Gasteiger partial charge in [0.25, 0.3) is 0 Å². The summed E-state index contributed by atoms with van der Waals surface area (Å²) in [4.78, 5) is 4.72. The number of benzene rings is 10. The summed E-state index contributed by atoms with van der Waals surface area (Å²) in [6.45, 7) is 0. The molecule has 0 fully saturated rings. The molecule has 0 atom stereocenters. The first-order valence-corrected chi connectivity index (χ1v) is 19.5. The van der Waals surface area contributed by atoms with Crippen molar-refractivity contribution in [3.63, 3.8) is 0 Å². The molecule has 264 valence electrons. The van der Waals surface area contributed by atoms with Gasteiger partial charge in [0.1, 0.15) is 11.2 Å². The van der Waals surface area contributed by atoms with Crippen molar-refractivity contribution in [2.45, 2.75) is 0 Å². The van der Waals surface area contributed by atoms with E-state index in [1.165, 1.54) is 76.5 Å². The Bertz CT molecular complexity index is 3460. The van der Waals surface area contributed by atoms with Gasteiger partial charge in [0.05, 0.1) is 5.52 Å². The molecule has 12 rings (SSSR count). The molecule has 0 aliphatic rings. The van der Waals surface area contributed by atoms with Crippen molar-refractivity contribution in [3.05, 3.63) is 200 Å². The van der Waals surface area contributed by atoms with Crippen molar-refractivity contribution in [3.8, 4) is 44.5 Å². The molecule has 57 heavy (non-hydrogen) atoms. The van der Waals surface area contributed by atoms with Gasteiger partial charge in [-0.15, -0.1) is 0 Å². The van der Waals surface area contributed by atoms with Crippen LogP contribution in [0.1, 0.15) is 0 Å². The number of pyridine rings is 1. The van der Waals surface area contributed by atoms with E-state index in [0.29, 0.717) is 0 Å². The predicted octanol–water partition coefficient (Wildman–Crippen LogP) is 15.4. The molecule has 0 bridgehead atoms. The topological polar surface area (TPSA) is 26.0 Å². The van der Waals surface area contributed by atoms with E-state index in [1.54, 1.807) is 0 Å². The van der Waals surface area contributed by atoms with Gasteiger partial charge in [-0.3, -0.25) is 4.98 Å². The number of hydrogen-bond acceptors (Lipinski definition) is 2. The molecule has 2 heteroatoms. The molecule has 0 saturated carbocycles. The minimum absolute atomic E-state index is 0.879. The average molecular weight is 724 g/mol. The number of aromatic nitrogens is 1. The maximum atomic E-state index is 6.71. The SMILES string of the molecule is c1ccc(-c2c3ccccc3c(-c3ccc4oc5cccc(-c6c7ccccc7c(-c7ccc8cccnc8c7)c7ccccc67)c5c4c3)c3ccccc23)cc1. The van der Waals surface area contributed by atoms with Crippen LogP contribution in [-0.4, -0.2) is 4.98 Å². The Morgan fingerprint density at radius 1 is 0.316 bits per heavy atom. The molecule has 0 aliphatic heterocycles. The van der Waals surface area contributed by atoms with E-state index >= 15 is 0 Å². The zero-order valence-electron chi connectivity index (χ0n) is 30.9. The summed E-state index contributed by atoms with van der Waals surface area (Å²) < 4.78 is 6.71. The fraction of sp³-hybridized carbons (Fsp3) is 0. The Balaban J connectivity index is 1.15. The van der Waals surface area contributed by atoms with Gasteiger partial charge in [0.2, 0.25) is 0 Å². The highest BCUT2D eigenvalue weighted by Gasteiger charge is 2.22. The number of rotatable bonds is 4. The first-order valence-electron chi connectivity index (χ1n) is 19.5. The molecule has 2 aromatic heterocycles. The van der Waals surface area contributed by atoms with Crippen LogP contribution in [-0.2, 0) is 0 Å². The minimum Gasteiger partial charge on any atom is -0.456 e. The Kier molecular flexibility index (Phi) is 6.96. The largest absolute Gasteiger partial charge is 0.456 e. The van der Waals surface area contributed by atoms with Crippen LogP contribution < -0.4 is 0 Å². The van der Waals surface area contributed by atoms with Crippen molar-refractivity contribution < 1.29 is 4.42 Å². The number of fused-ring (bicyclic) bond motifs is 8. The molecule has 10 aromatic carbocycles. The van der Waals surface area contributed by atoms with Crippen LogP contribution in [0.4, 0.5) is 0 Å². The molecular formula is C55H33NO. The number of furan rings is 1. The van der Waals surface area contributed by atoms with E-state index in [0.717, 1.165) is 44.0 Å². The zero-order chi connectivity index (χ0) is 37.5. The van der Waals surface area contributed by atoms with Gasteiger partial charge in [0, 0.05) is 22.4 Å². The maximum absolute atomic E-state index is 6.71. The molecule has 12 aromatic rings. The van der Waals surface area contributed by atoms with Crippen molar-refractivity contribution >= 4 is 75.9 Å². The fourth-order valence-corrected chi connectivity index (χ4v) is 9.50. The average Bonchev–Trinajstić information content (AvgIpc) is 3.66. The Morgan fingerprint density at radius 3 is 1.42 bits per heavy atom. The van der Waals surface area contributed by atoms with Crippen molar-refractivity contribution in [1.82, 2.24) is 4.98 Å². The molecule has 0 N–H and O–H groups in total. The molecule has 0 radical (unpaired) electrons. The Morgan fingerprint density at radius 2 is 0.825 bits per heavy atom. The smallest absolute Gasteiger partial charge is 0.136 e. The molecule has 0 aliphatic carbocycles. The highest BCUT2D eigenvalue weighted by Crippen LogP contribution is 2.49. The molecule has 2 nitrogen and oxygen atoms in total. The van der Waals surface area contributed by atoms with Crippen LogP contribution in [0, 0.1) is 0 Å². The molecule has 0 saturated heterocycles. The van der Waals surface area contributed by atoms with Gasteiger partial charge in [0.15, 0.2) is 0 Å². The molecule has 0 spiro atoms. The molecule has 0 amide bonds. The summed E-state index contributed by atoms with van der Waals surface area (Å²) in [7, 11) is 0. The quantitative estimate of drug-likeness (QED) is 0.169. The molecular weight excluding hydrogens is 691 g/mol. The third-order valence-electron chi connectivity index (χ3n) is 11.9. The maximum Gasteiger partial charge on any atom is 0.136 e. The molecule has 0 unspecified atom stereocenters. The minimum atomic E-state index is 0.879. The first kappa shape index (κ1) is 31.8. The van der Waals surface area contributed by atoms with Crippen LogP contribution >= 0.6 is 0 Å². The van der Waals surface area contributed by atoms with Gasteiger partial charge in [-0.05, 0) is 118 Å². The summed E-state index contributed by atoms with van der Waals surface area (Å²) in [5.41, 5.74) is 12.4. The summed E-state index contributed by atoms with van der Waals surface area (Å²) >= 11 is 0. The number of nitrogens with zero attached hydrogens (tertiary/aromatic N) is 1. The monoisotopic (exact) mass is 723 g/mol. The Labute approximate surface area is 328 Å². The highest BCUT2D eigenvalue weighted by molar-refractivity contribution is 6.27. The number of hydrogen-bond donors (Lipinski definition) is 0. The van der Waals surface area contributed by atoms with Gasteiger partial charge in [-0.2, -0.15) is 0 Å². The van der Waals surface area contributed by atoms with Crippen LogP contribution in [0.5, 0.6) is 0 Å². The van der Waals surface area contributed by atoms with E-state index in [2.05, 4.69) is 188 Å². The molecule has 2 heterocycles. The van der Waals surface area contributed by atoms with E-state index in [1.807, 2.05) is 12.3 Å². The second kappa shape index (κ2) is 12.5. The second-order valence-corrected chi connectivity index (χ2v) is 15.0. The lowest BCUT2D eigenvalue weighted by Gasteiger charge is -2.18. The van der Waals surface area contributed by atoms with Gasteiger partial charge in [-0.1, -0.05) is 164 Å². The summed E-state index contributed by atoms with van der Waals surface area (Å²) in [6.07, 6.45) is 1.87. The van der Waals surface area contributed by atoms with Crippen molar-refractivity contribution in [2.75, 3.05) is 0 Å². The lowest BCUT2D eigenvalue weighted by molar-refractivity contribution is 0.669. The first-order chi connectivity index (χ1) is 28.3. The highest BCUT2D eigenvalue weighted by atomic mass is 16.3.